The summed E-state index contributed by atoms with van der Waals surface area (Å²) in [7, 11) is 3.17. The van der Waals surface area contributed by atoms with Crippen LogP contribution in [0, 0.1) is 6.92 Å². The van der Waals surface area contributed by atoms with Gasteiger partial charge in [-0.3, -0.25) is 4.79 Å². The molecule has 2 rings (SSSR count). The number of aryl methyl sites for hydroxylation is 1. The number of hydrogen-bond acceptors (Lipinski definition) is 3. The van der Waals surface area contributed by atoms with Gasteiger partial charge in [0.25, 0.3) is 0 Å². The fourth-order valence-electron chi connectivity index (χ4n) is 2.04. The Morgan fingerprint density at radius 1 is 1.13 bits per heavy atom. The molecule has 0 saturated carbocycles. The second-order valence-corrected chi connectivity index (χ2v) is 5.33. The van der Waals surface area contributed by atoms with Crippen molar-refractivity contribution in [1.29, 1.82) is 0 Å². The van der Waals surface area contributed by atoms with Crippen LogP contribution in [0.3, 0.4) is 0 Å². The van der Waals surface area contributed by atoms with E-state index in [1.54, 1.807) is 50.6 Å². The molecule has 120 valence electrons. The van der Waals surface area contributed by atoms with Crippen molar-refractivity contribution < 1.29 is 14.3 Å². The molecular weight excluding hydrogens is 314 g/mol. The summed E-state index contributed by atoms with van der Waals surface area (Å²) >= 11 is 5.95. The number of benzene rings is 2. The van der Waals surface area contributed by atoms with E-state index in [0.29, 0.717) is 22.2 Å². The number of methoxy groups -OCH3 is 2. The van der Waals surface area contributed by atoms with Crippen molar-refractivity contribution in [3.8, 4) is 11.5 Å². The molecule has 4 nitrogen and oxygen atoms in total. The van der Waals surface area contributed by atoms with Gasteiger partial charge >= 0.3 is 0 Å². The van der Waals surface area contributed by atoms with Gasteiger partial charge in [-0.15, -0.1) is 0 Å². The molecule has 0 spiro atoms. The lowest BCUT2D eigenvalue weighted by atomic mass is 10.1. The van der Waals surface area contributed by atoms with Crippen molar-refractivity contribution in [3.63, 3.8) is 0 Å². The summed E-state index contributed by atoms with van der Waals surface area (Å²) < 4.78 is 10.5. The molecule has 2 aromatic rings. The lowest BCUT2D eigenvalue weighted by Gasteiger charge is -2.08. The van der Waals surface area contributed by atoms with Gasteiger partial charge < -0.3 is 14.8 Å². The Bertz CT molecular complexity index is 741. The quantitative estimate of drug-likeness (QED) is 0.830. The van der Waals surface area contributed by atoms with Crippen LogP contribution in [0.5, 0.6) is 11.5 Å². The zero-order valence-corrected chi connectivity index (χ0v) is 14.0. The van der Waals surface area contributed by atoms with Crippen molar-refractivity contribution in [3.05, 3.63) is 58.6 Å². The standard InChI is InChI=1S/C18H18ClNO3/c1-12-4-6-14(19)11-16(12)20-18(21)9-5-13-10-15(22-2)7-8-17(13)23-3/h4-11H,1-3H3,(H,20,21)/b9-5+. The third-order valence-corrected chi connectivity index (χ3v) is 3.54. The number of carbonyl (C=O) groups excluding carboxylic acids is 1. The molecule has 1 N–H and O–H groups in total. The van der Waals surface area contributed by atoms with Gasteiger partial charge in [0.05, 0.1) is 14.2 Å². The highest BCUT2D eigenvalue weighted by Gasteiger charge is 2.05. The first-order chi connectivity index (χ1) is 11.0. The van der Waals surface area contributed by atoms with Crippen LogP contribution < -0.4 is 14.8 Å². The normalized spacial score (nSPS) is 10.6. The molecule has 0 fully saturated rings. The van der Waals surface area contributed by atoms with Crippen molar-refractivity contribution in [2.45, 2.75) is 6.92 Å². The first-order valence-electron chi connectivity index (χ1n) is 7.00. The first kappa shape index (κ1) is 16.9. The lowest BCUT2D eigenvalue weighted by molar-refractivity contribution is -0.111. The van der Waals surface area contributed by atoms with Gasteiger partial charge in [-0.2, -0.15) is 0 Å². The van der Waals surface area contributed by atoms with E-state index in [2.05, 4.69) is 5.32 Å². The molecule has 5 heteroatoms. The van der Waals surface area contributed by atoms with Crippen LogP contribution in [-0.4, -0.2) is 20.1 Å². The maximum atomic E-state index is 12.1. The average Bonchev–Trinajstić information content (AvgIpc) is 2.56. The topological polar surface area (TPSA) is 47.6 Å². The van der Waals surface area contributed by atoms with E-state index in [1.807, 2.05) is 13.0 Å². The molecule has 0 aliphatic rings. The van der Waals surface area contributed by atoms with Crippen LogP contribution in [0.2, 0.25) is 5.02 Å². The number of hydrogen-bond donors (Lipinski definition) is 1. The molecule has 0 bridgehead atoms. The van der Waals surface area contributed by atoms with E-state index >= 15 is 0 Å². The molecule has 0 aliphatic heterocycles. The molecule has 0 saturated heterocycles. The average molecular weight is 332 g/mol. The fraction of sp³-hybridized carbons (Fsp3) is 0.167. The fourth-order valence-corrected chi connectivity index (χ4v) is 2.21. The third-order valence-electron chi connectivity index (χ3n) is 3.31. The van der Waals surface area contributed by atoms with E-state index in [0.717, 1.165) is 11.1 Å². The molecule has 2 aromatic carbocycles. The third kappa shape index (κ3) is 4.50. The summed E-state index contributed by atoms with van der Waals surface area (Å²) in [5.74, 6) is 1.10. The SMILES string of the molecule is COc1ccc(OC)c(/C=C/C(=O)Nc2cc(Cl)ccc2C)c1. The van der Waals surface area contributed by atoms with E-state index < -0.39 is 0 Å². The number of ether oxygens (including phenoxy) is 2. The Morgan fingerprint density at radius 2 is 1.91 bits per heavy atom. The molecular formula is C18H18ClNO3. The maximum absolute atomic E-state index is 12.1. The summed E-state index contributed by atoms with van der Waals surface area (Å²) in [6.07, 6.45) is 3.12. The number of carbonyl (C=O) groups is 1. The van der Waals surface area contributed by atoms with Gasteiger partial charge in [0, 0.05) is 22.3 Å². The second-order valence-electron chi connectivity index (χ2n) is 4.89. The Labute approximate surface area is 140 Å². The van der Waals surface area contributed by atoms with Gasteiger partial charge in [-0.25, -0.2) is 0 Å². The molecule has 0 atom stereocenters. The summed E-state index contributed by atoms with van der Waals surface area (Å²) in [5, 5.41) is 3.38. The molecule has 0 aromatic heterocycles. The predicted molar refractivity (Wildman–Crippen MR) is 93.4 cm³/mol. The van der Waals surface area contributed by atoms with Gasteiger partial charge in [0.2, 0.25) is 5.91 Å². The zero-order valence-electron chi connectivity index (χ0n) is 13.2. The highest BCUT2D eigenvalue weighted by molar-refractivity contribution is 6.31. The molecule has 0 radical (unpaired) electrons. The molecule has 0 heterocycles. The van der Waals surface area contributed by atoms with E-state index in [4.69, 9.17) is 21.1 Å². The maximum Gasteiger partial charge on any atom is 0.248 e. The largest absolute Gasteiger partial charge is 0.497 e. The van der Waals surface area contributed by atoms with Crippen LogP contribution >= 0.6 is 11.6 Å². The molecule has 0 unspecified atom stereocenters. The smallest absolute Gasteiger partial charge is 0.248 e. The second kappa shape index (κ2) is 7.70. The monoisotopic (exact) mass is 331 g/mol. The molecule has 1 amide bonds. The summed E-state index contributed by atoms with van der Waals surface area (Å²) in [6.45, 7) is 1.90. The Kier molecular flexibility index (Phi) is 5.66. The van der Waals surface area contributed by atoms with Gasteiger partial charge in [-0.1, -0.05) is 17.7 Å². The number of anilines is 1. The van der Waals surface area contributed by atoms with Gasteiger partial charge in [0.15, 0.2) is 0 Å². The highest BCUT2D eigenvalue weighted by Crippen LogP contribution is 2.25. The predicted octanol–water partition coefficient (Wildman–Crippen LogP) is 4.32. The Balaban J connectivity index is 2.16. The van der Waals surface area contributed by atoms with Crippen LogP contribution in [-0.2, 0) is 4.79 Å². The summed E-state index contributed by atoms with van der Waals surface area (Å²) in [6, 6.07) is 10.7. The Hall–Kier alpha value is -2.46. The summed E-state index contributed by atoms with van der Waals surface area (Å²) in [5.41, 5.74) is 2.38. The minimum atomic E-state index is -0.250. The van der Waals surface area contributed by atoms with Crippen molar-refractivity contribution >= 4 is 29.3 Å². The zero-order chi connectivity index (χ0) is 16.8. The van der Waals surface area contributed by atoms with Gasteiger partial charge in [0.1, 0.15) is 11.5 Å². The minimum Gasteiger partial charge on any atom is -0.497 e. The van der Waals surface area contributed by atoms with E-state index in [9.17, 15) is 4.79 Å². The molecule has 23 heavy (non-hydrogen) atoms. The highest BCUT2D eigenvalue weighted by atomic mass is 35.5. The Morgan fingerprint density at radius 3 is 2.61 bits per heavy atom. The lowest BCUT2D eigenvalue weighted by Crippen LogP contribution is -2.08. The van der Waals surface area contributed by atoms with Crippen molar-refractivity contribution in [2.75, 3.05) is 19.5 Å². The summed E-state index contributed by atoms with van der Waals surface area (Å²) in [4.78, 5) is 12.1. The van der Waals surface area contributed by atoms with Crippen molar-refractivity contribution in [1.82, 2.24) is 0 Å². The van der Waals surface area contributed by atoms with Crippen LogP contribution in [0.4, 0.5) is 5.69 Å². The van der Waals surface area contributed by atoms with Crippen LogP contribution in [0.1, 0.15) is 11.1 Å². The number of nitrogens with one attached hydrogen (secondary N) is 1. The van der Waals surface area contributed by atoms with Gasteiger partial charge in [-0.05, 0) is 48.9 Å². The minimum absolute atomic E-state index is 0.250. The van der Waals surface area contributed by atoms with E-state index in [-0.39, 0.29) is 5.91 Å². The number of halogens is 1. The van der Waals surface area contributed by atoms with E-state index in [1.165, 1.54) is 6.08 Å². The first-order valence-corrected chi connectivity index (χ1v) is 7.38. The van der Waals surface area contributed by atoms with Crippen LogP contribution in [0.15, 0.2) is 42.5 Å². The molecule has 0 aliphatic carbocycles. The van der Waals surface area contributed by atoms with Crippen LogP contribution in [0.25, 0.3) is 6.08 Å². The van der Waals surface area contributed by atoms with Crippen molar-refractivity contribution in [2.24, 2.45) is 0 Å². The number of amides is 1. The number of rotatable bonds is 5.